The molecule has 0 nitrogen and oxygen atoms in total. The van der Waals surface area contributed by atoms with Crippen LogP contribution in [0.3, 0.4) is 0 Å². The van der Waals surface area contributed by atoms with E-state index in [1.165, 1.54) is 4.91 Å². The lowest BCUT2D eigenvalue weighted by Gasteiger charge is -1.93. The lowest BCUT2D eigenvalue weighted by molar-refractivity contribution is 1.09. The van der Waals surface area contributed by atoms with Crippen molar-refractivity contribution in [3.05, 3.63) is 34.6 Å². The molecule has 8 heavy (non-hydrogen) atoms. The van der Waals surface area contributed by atoms with Gasteiger partial charge in [-0.3, -0.25) is 0 Å². The van der Waals surface area contributed by atoms with Crippen LogP contribution in [-0.2, 0) is 0 Å². The second-order valence-corrected chi connectivity index (χ2v) is 2.79. The first kappa shape index (κ1) is 4.45. The van der Waals surface area contributed by atoms with Crippen molar-refractivity contribution in [3.8, 4) is 0 Å². The van der Waals surface area contributed by atoms with Crippen LogP contribution in [0.2, 0.25) is 0 Å². The molecule has 1 atom stereocenters. The normalized spacial score (nSPS) is 31.0. The molecule has 0 aromatic heterocycles. The van der Waals surface area contributed by atoms with Gasteiger partial charge in [-0.15, -0.1) is 11.8 Å². The summed E-state index contributed by atoms with van der Waals surface area (Å²) in [7, 11) is 0. The Morgan fingerprint density at radius 1 is 1.50 bits per heavy atom. The Kier molecular flexibility index (Phi) is 0.847. The molecule has 0 fully saturated rings. The molecule has 2 aliphatic rings. The summed E-state index contributed by atoms with van der Waals surface area (Å²) in [5, 5.41) is 2.12. The SMILES string of the molecule is [C]1=C2SC=CC2C=C1. The smallest absolute Gasteiger partial charge is 0.0279 e. The fraction of sp³-hybridized carbons (Fsp3) is 0.143. The number of hydrogen-bond acceptors (Lipinski definition) is 1. The number of rotatable bonds is 0. The molecule has 0 spiro atoms. The third-order valence-electron chi connectivity index (χ3n) is 1.31. The highest BCUT2D eigenvalue weighted by Gasteiger charge is 2.15. The summed E-state index contributed by atoms with van der Waals surface area (Å²) in [6.45, 7) is 0. The van der Waals surface area contributed by atoms with Crippen LogP contribution in [0, 0.1) is 12.0 Å². The van der Waals surface area contributed by atoms with Crippen molar-refractivity contribution in [3.63, 3.8) is 0 Å². The van der Waals surface area contributed by atoms with Gasteiger partial charge in [-0.2, -0.15) is 0 Å². The van der Waals surface area contributed by atoms with Crippen molar-refractivity contribution in [2.24, 2.45) is 5.92 Å². The Labute approximate surface area is 53.0 Å². The summed E-state index contributed by atoms with van der Waals surface area (Å²) >= 11 is 1.78. The minimum atomic E-state index is 0.583. The summed E-state index contributed by atoms with van der Waals surface area (Å²) in [6.07, 6.45) is 9.50. The van der Waals surface area contributed by atoms with Crippen LogP contribution in [0.15, 0.2) is 28.5 Å². The van der Waals surface area contributed by atoms with E-state index in [1.54, 1.807) is 11.8 Å². The standard InChI is InChI=1S/C7H5S/c1-2-6-4-5-8-7(6)3-1/h1-2,4-6H. The molecular weight excluding hydrogens is 116 g/mol. The predicted molar refractivity (Wildman–Crippen MR) is 36.1 cm³/mol. The molecule has 0 saturated carbocycles. The van der Waals surface area contributed by atoms with Crippen LogP contribution < -0.4 is 0 Å². The second kappa shape index (κ2) is 1.52. The fourth-order valence-electron chi connectivity index (χ4n) is 0.879. The van der Waals surface area contributed by atoms with Crippen molar-refractivity contribution >= 4 is 11.8 Å². The molecule has 0 aromatic rings. The molecule has 1 heteroatoms. The molecule has 1 unspecified atom stereocenters. The average Bonchev–Trinajstić information content (AvgIpc) is 2.15. The van der Waals surface area contributed by atoms with E-state index in [9.17, 15) is 0 Å². The third-order valence-corrected chi connectivity index (χ3v) is 2.25. The van der Waals surface area contributed by atoms with Gasteiger partial charge in [-0.1, -0.05) is 18.2 Å². The fourth-order valence-corrected chi connectivity index (χ4v) is 1.72. The molecule has 0 N–H and O–H groups in total. The van der Waals surface area contributed by atoms with E-state index in [0.717, 1.165) is 0 Å². The molecule has 1 aliphatic heterocycles. The van der Waals surface area contributed by atoms with E-state index in [4.69, 9.17) is 0 Å². The van der Waals surface area contributed by atoms with Crippen molar-refractivity contribution < 1.29 is 0 Å². The quantitative estimate of drug-likeness (QED) is 0.473. The highest BCUT2D eigenvalue weighted by molar-refractivity contribution is 8.06. The molecule has 0 bridgehead atoms. The largest absolute Gasteiger partial charge is 0.101 e. The van der Waals surface area contributed by atoms with Crippen LogP contribution >= 0.6 is 11.8 Å². The monoisotopic (exact) mass is 121 g/mol. The lowest BCUT2D eigenvalue weighted by Crippen LogP contribution is -1.80. The minimum Gasteiger partial charge on any atom is -0.101 e. The van der Waals surface area contributed by atoms with Crippen LogP contribution in [0.1, 0.15) is 0 Å². The molecule has 0 aromatic carbocycles. The third kappa shape index (κ3) is 0.480. The Bertz CT molecular complexity index is 187. The van der Waals surface area contributed by atoms with Crippen molar-refractivity contribution in [1.82, 2.24) is 0 Å². The van der Waals surface area contributed by atoms with Gasteiger partial charge in [0.2, 0.25) is 0 Å². The summed E-state index contributed by atoms with van der Waals surface area (Å²) in [5.74, 6) is 0.583. The van der Waals surface area contributed by atoms with Crippen LogP contribution in [0.4, 0.5) is 0 Å². The Balaban J connectivity index is 2.39. The molecule has 0 saturated heterocycles. The molecule has 1 radical (unpaired) electrons. The molecule has 39 valence electrons. The van der Waals surface area contributed by atoms with E-state index in [-0.39, 0.29) is 0 Å². The zero-order chi connectivity index (χ0) is 5.40. The first-order valence-corrected chi connectivity index (χ1v) is 3.48. The van der Waals surface area contributed by atoms with Crippen LogP contribution in [0.25, 0.3) is 0 Å². The summed E-state index contributed by atoms with van der Waals surface area (Å²) in [5.41, 5.74) is 0. The van der Waals surface area contributed by atoms with Gasteiger partial charge in [-0.25, -0.2) is 0 Å². The van der Waals surface area contributed by atoms with E-state index in [1.807, 2.05) is 6.08 Å². The zero-order valence-corrected chi connectivity index (χ0v) is 5.11. The summed E-state index contributed by atoms with van der Waals surface area (Å²) in [4.78, 5) is 1.35. The Morgan fingerprint density at radius 3 is 3.38 bits per heavy atom. The Hall–Kier alpha value is -0.430. The van der Waals surface area contributed by atoms with Crippen molar-refractivity contribution in [2.75, 3.05) is 0 Å². The van der Waals surface area contributed by atoms with Gasteiger partial charge in [0.25, 0.3) is 0 Å². The first-order chi connectivity index (χ1) is 3.97. The summed E-state index contributed by atoms with van der Waals surface area (Å²) in [6, 6.07) is 0. The number of thioether (sulfide) groups is 1. The van der Waals surface area contributed by atoms with E-state index in [0.29, 0.717) is 5.92 Å². The van der Waals surface area contributed by atoms with Gasteiger partial charge in [0.15, 0.2) is 0 Å². The number of hydrogen-bond donors (Lipinski definition) is 0. The molecule has 1 heterocycles. The van der Waals surface area contributed by atoms with Crippen LogP contribution in [-0.4, -0.2) is 0 Å². The van der Waals surface area contributed by atoms with Gasteiger partial charge < -0.3 is 0 Å². The first-order valence-electron chi connectivity index (χ1n) is 2.60. The van der Waals surface area contributed by atoms with Gasteiger partial charge >= 0.3 is 0 Å². The van der Waals surface area contributed by atoms with Gasteiger partial charge in [0.1, 0.15) is 0 Å². The number of fused-ring (bicyclic) bond motifs is 1. The van der Waals surface area contributed by atoms with E-state index < -0.39 is 0 Å². The summed E-state index contributed by atoms with van der Waals surface area (Å²) < 4.78 is 0. The van der Waals surface area contributed by atoms with Gasteiger partial charge in [0, 0.05) is 10.8 Å². The molecule has 2 rings (SSSR count). The topological polar surface area (TPSA) is 0 Å². The van der Waals surface area contributed by atoms with Crippen LogP contribution in [0.5, 0.6) is 0 Å². The number of allylic oxidation sites excluding steroid dienone is 5. The van der Waals surface area contributed by atoms with Gasteiger partial charge in [-0.05, 0) is 11.5 Å². The average molecular weight is 121 g/mol. The maximum absolute atomic E-state index is 3.16. The van der Waals surface area contributed by atoms with Crippen molar-refractivity contribution in [1.29, 1.82) is 0 Å². The van der Waals surface area contributed by atoms with E-state index >= 15 is 0 Å². The second-order valence-electron chi connectivity index (χ2n) is 1.84. The van der Waals surface area contributed by atoms with E-state index in [2.05, 4.69) is 23.6 Å². The minimum absolute atomic E-state index is 0.583. The highest BCUT2D eigenvalue weighted by atomic mass is 32.2. The molecule has 1 aliphatic carbocycles. The maximum Gasteiger partial charge on any atom is 0.0279 e. The lowest BCUT2D eigenvalue weighted by atomic mass is 10.2. The zero-order valence-electron chi connectivity index (χ0n) is 4.29. The molecule has 0 amide bonds. The van der Waals surface area contributed by atoms with Gasteiger partial charge in [0.05, 0.1) is 0 Å². The Morgan fingerprint density at radius 2 is 2.50 bits per heavy atom. The predicted octanol–water partition coefficient (Wildman–Crippen LogP) is 2.12. The highest BCUT2D eigenvalue weighted by Crippen LogP contribution is 2.36. The van der Waals surface area contributed by atoms with Crippen molar-refractivity contribution in [2.45, 2.75) is 0 Å². The maximum atomic E-state index is 3.16. The molecular formula is C7H5S.